The minimum atomic E-state index is -3.36. The Hall–Kier alpha value is -0.960. The highest BCUT2D eigenvalue weighted by atomic mass is 79.9. The zero-order valence-corrected chi connectivity index (χ0v) is 16.1. The average molecular weight is 419 g/mol. The van der Waals surface area contributed by atoms with Crippen molar-refractivity contribution in [3.8, 4) is 0 Å². The smallest absolute Gasteiger partial charge is 0.236 e. The second-order valence-electron chi connectivity index (χ2n) is 6.12. The van der Waals surface area contributed by atoms with E-state index in [0.29, 0.717) is 32.5 Å². The molecule has 0 saturated carbocycles. The predicted molar refractivity (Wildman–Crippen MR) is 95.5 cm³/mol. The third-order valence-corrected chi connectivity index (χ3v) is 6.38. The van der Waals surface area contributed by atoms with Crippen LogP contribution in [-0.4, -0.2) is 74.3 Å². The Morgan fingerprint density at radius 2 is 1.88 bits per heavy atom. The Bertz CT molecular complexity index is 655. The normalized spacial score (nSPS) is 16.6. The SMILES string of the molecule is CN(CCS(=O)(=O)c1ccc(Br)cc1)CC(=O)N1CCC(O)CC1. The van der Waals surface area contributed by atoms with Crippen molar-refractivity contribution in [3.63, 3.8) is 0 Å². The van der Waals surface area contributed by atoms with Gasteiger partial charge in [-0.15, -0.1) is 0 Å². The third kappa shape index (κ3) is 5.54. The van der Waals surface area contributed by atoms with Gasteiger partial charge in [0.25, 0.3) is 0 Å². The number of halogens is 1. The van der Waals surface area contributed by atoms with Gasteiger partial charge in [-0.2, -0.15) is 0 Å². The largest absolute Gasteiger partial charge is 0.393 e. The molecule has 0 radical (unpaired) electrons. The van der Waals surface area contributed by atoms with Crippen molar-refractivity contribution >= 4 is 31.7 Å². The van der Waals surface area contributed by atoms with Crippen LogP contribution in [0.2, 0.25) is 0 Å². The monoisotopic (exact) mass is 418 g/mol. The van der Waals surface area contributed by atoms with Gasteiger partial charge in [0.2, 0.25) is 5.91 Å². The number of hydrogen-bond acceptors (Lipinski definition) is 5. The lowest BCUT2D eigenvalue weighted by atomic mass is 10.1. The molecule has 1 saturated heterocycles. The van der Waals surface area contributed by atoms with E-state index in [9.17, 15) is 18.3 Å². The van der Waals surface area contributed by atoms with Crippen molar-refractivity contribution in [2.45, 2.75) is 23.8 Å². The number of piperidine rings is 1. The summed E-state index contributed by atoms with van der Waals surface area (Å²) in [5.74, 6) is -0.0534. The fourth-order valence-electron chi connectivity index (χ4n) is 2.56. The van der Waals surface area contributed by atoms with E-state index in [1.807, 2.05) is 0 Å². The maximum Gasteiger partial charge on any atom is 0.236 e. The van der Waals surface area contributed by atoms with E-state index >= 15 is 0 Å². The van der Waals surface area contributed by atoms with E-state index < -0.39 is 9.84 Å². The maximum atomic E-state index is 12.3. The molecule has 0 aromatic heterocycles. The van der Waals surface area contributed by atoms with Crippen LogP contribution in [0.4, 0.5) is 0 Å². The molecule has 134 valence electrons. The average Bonchev–Trinajstić information content (AvgIpc) is 2.54. The lowest BCUT2D eigenvalue weighted by molar-refractivity contribution is -0.134. The molecule has 0 bridgehead atoms. The third-order valence-electron chi connectivity index (χ3n) is 4.14. The maximum absolute atomic E-state index is 12.3. The van der Waals surface area contributed by atoms with Crippen LogP contribution >= 0.6 is 15.9 Å². The first kappa shape index (κ1) is 19.4. The number of carbonyl (C=O) groups excluding carboxylic acids is 1. The predicted octanol–water partition coefficient (Wildman–Crippen LogP) is 1.14. The van der Waals surface area contributed by atoms with Crippen LogP contribution in [0.25, 0.3) is 0 Å². The number of aliphatic hydroxyl groups excluding tert-OH is 1. The Balaban J connectivity index is 1.83. The number of rotatable bonds is 6. The second kappa shape index (κ2) is 8.42. The van der Waals surface area contributed by atoms with Crippen molar-refractivity contribution in [2.24, 2.45) is 0 Å². The summed E-state index contributed by atoms with van der Waals surface area (Å²) in [5, 5.41) is 9.47. The quantitative estimate of drug-likeness (QED) is 0.749. The molecule has 2 rings (SSSR count). The molecule has 0 unspecified atom stereocenters. The molecule has 6 nitrogen and oxygen atoms in total. The Morgan fingerprint density at radius 3 is 2.46 bits per heavy atom. The highest BCUT2D eigenvalue weighted by Gasteiger charge is 2.22. The van der Waals surface area contributed by atoms with Gasteiger partial charge in [0.15, 0.2) is 9.84 Å². The van der Waals surface area contributed by atoms with E-state index in [2.05, 4.69) is 15.9 Å². The van der Waals surface area contributed by atoms with Gasteiger partial charge in [-0.3, -0.25) is 9.69 Å². The summed E-state index contributed by atoms with van der Waals surface area (Å²) in [6.45, 7) is 1.60. The summed E-state index contributed by atoms with van der Waals surface area (Å²) < 4.78 is 25.4. The molecule has 1 aliphatic heterocycles. The van der Waals surface area contributed by atoms with Gasteiger partial charge in [0.05, 0.1) is 23.3 Å². The first-order valence-corrected chi connectivity index (χ1v) is 10.3. The van der Waals surface area contributed by atoms with E-state index in [0.717, 1.165) is 4.47 Å². The molecule has 1 fully saturated rings. The van der Waals surface area contributed by atoms with Gasteiger partial charge in [0, 0.05) is 24.1 Å². The van der Waals surface area contributed by atoms with E-state index in [1.165, 1.54) is 0 Å². The Labute approximate surface area is 151 Å². The Kier molecular flexibility index (Phi) is 6.79. The zero-order valence-electron chi connectivity index (χ0n) is 13.7. The van der Waals surface area contributed by atoms with Crippen molar-refractivity contribution < 1.29 is 18.3 Å². The molecular weight excluding hydrogens is 396 g/mol. The first-order valence-electron chi connectivity index (χ1n) is 7.90. The number of carbonyl (C=O) groups is 1. The number of aliphatic hydroxyl groups is 1. The van der Waals surface area contributed by atoms with Crippen molar-refractivity contribution in [1.29, 1.82) is 0 Å². The molecule has 1 heterocycles. The number of nitrogens with zero attached hydrogens (tertiary/aromatic N) is 2. The van der Waals surface area contributed by atoms with Gasteiger partial charge in [-0.05, 0) is 44.2 Å². The number of hydrogen-bond donors (Lipinski definition) is 1. The number of amides is 1. The lowest BCUT2D eigenvalue weighted by Crippen LogP contribution is -2.45. The molecule has 1 aromatic rings. The molecule has 0 aliphatic carbocycles. The fourth-order valence-corrected chi connectivity index (χ4v) is 4.16. The number of sulfone groups is 1. The van der Waals surface area contributed by atoms with Crippen molar-refractivity contribution in [1.82, 2.24) is 9.80 Å². The van der Waals surface area contributed by atoms with Crippen molar-refractivity contribution in [2.75, 3.05) is 39.0 Å². The fraction of sp³-hybridized carbons (Fsp3) is 0.562. The summed E-state index contributed by atoms with van der Waals surface area (Å²) in [6.07, 6.45) is 0.892. The van der Waals surface area contributed by atoms with Crippen molar-refractivity contribution in [3.05, 3.63) is 28.7 Å². The van der Waals surface area contributed by atoms with Crippen LogP contribution in [-0.2, 0) is 14.6 Å². The number of benzene rings is 1. The van der Waals surface area contributed by atoms with Crippen LogP contribution in [0, 0.1) is 0 Å². The molecule has 1 aromatic carbocycles. The summed E-state index contributed by atoms with van der Waals surface area (Å²) in [6, 6.07) is 6.54. The van der Waals surface area contributed by atoms with Gasteiger partial charge < -0.3 is 10.0 Å². The molecular formula is C16H23BrN2O4S. The van der Waals surface area contributed by atoms with Crippen LogP contribution in [0.5, 0.6) is 0 Å². The molecule has 1 amide bonds. The van der Waals surface area contributed by atoms with Gasteiger partial charge in [-0.1, -0.05) is 15.9 Å². The summed E-state index contributed by atoms with van der Waals surface area (Å²) in [7, 11) is -1.62. The second-order valence-corrected chi connectivity index (χ2v) is 9.15. The van der Waals surface area contributed by atoms with Crippen LogP contribution < -0.4 is 0 Å². The molecule has 0 atom stereocenters. The molecule has 0 spiro atoms. The summed E-state index contributed by atoms with van der Waals surface area (Å²) in [5.41, 5.74) is 0. The summed E-state index contributed by atoms with van der Waals surface area (Å²) >= 11 is 3.28. The van der Waals surface area contributed by atoms with Crippen LogP contribution in [0.15, 0.2) is 33.6 Å². The minimum Gasteiger partial charge on any atom is -0.393 e. The number of likely N-dealkylation sites (N-methyl/N-ethyl adjacent to an activating group) is 1. The highest BCUT2D eigenvalue weighted by Crippen LogP contribution is 2.16. The molecule has 1 N–H and O–H groups in total. The molecule has 8 heteroatoms. The van der Waals surface area contributed by atoms with Crippen LogP contribution in [0.1, 0.15) is 12.8 Å². The van der Waals surface area contributed by atoms with E-state index in [4.69, 9.17) is 0 Å². The van der Waals surface area contributed by atoms with E-state index in [-0.39, 0.29) is 29.2 Å². The Morgan fingerprint density at radius 1 is 1.29 bits per heavy atom. The first-order chi connectivity index (χ1) is 11.3. The number of likely N-dealkylation sites (tertiary alicyclic amines) is 1. The highest BCUT2D eigenvalue weighted by molar-refractivity contribution is 9.10. The molecule has 1 aliphatic rings. The summed E-state index contributed by atoms with van der Waals surface area (Å²) in [4.78, 5) is 15.9. The lowest BCUT2D eigenvalue weighted by Gasteiger charge is -2.31. The van der Waals surface area contributed by atoms with Gasteiger partial charge in [-0.25, -0.2) is 8.42 Å². The zero-order chi connectivity index (χ0) is 17.7. The topological polar surface area (TPSA) is 77.9 Å². The van der Waals surface area contributed by atoms with Gasteiger partial charge >= 0.3 is 0 Å². The van der Waals surface area contributed by atoms with Gasteiger partial charge in [0.1, 0.15) is 0 Å². The molecule has 24 heavy (non-hydrogen) atoms. The standard InChI is InChI=1S/C16H23BrN2O4S/c1-18(12-16(21)19-8-6-14(20)7-9-19)10-11-24(22,23)15-4-2-13(17)3-5-15/h2-5,14,20H,6-12H2,1H3. The van der Waals surface area contributed by atoms with Crippen LogP contribution in [0.3, 0.4) is 0 Å². The van der Waals surface area contributed by atoms with E-state index in [1.54, 1.807) is 41.1 Å². The minimum absolute atomic E-state index is 0.0227.